The Hall–Kier alpha value is -1.61. The Labute approximate surface area is 99.1 Å². The highest BCUT2D eigenvalue weighted by molar-refractivity contribution is 7.98. The summed E-state index contributed by atoms with van der Waals surface area (Å²) in [7, 11) is 0. The van der Waals surface area contributed by atoms with Crippen molar-refractivity contribution in [2.75, 3.05) is 5.73 Å². The number of aromatic hydroxyl groups is 1. The highest BCUT2D eigenvalue weighted by atomic mass is 32.2. The van der Waals surface area contributed by atoms with Crippen molar-refractivity contribution in [1.29, 1.82) is 0 Å². The van der Waals surface area contributed by atoms with E-state index in [4.69, 9.17) is 5.73 Å². The van der Waals surface area contributed by atoms with Gasteiger partial charge in [-0.1, -0.05) is 24.3 Å². The zero-order chi connectivity index (χ0) is 11.4. The first-order valence-corrected chi connectivity index (χ1v) is 5.99. The molecule has 2 aromatic carbocycles. The average Bonchev–Trinajstić information content (AvgIpc) is 2.28. The van der Waals surface area contributed by atoms with Gasteiger partial charge in [0.05, 0.1) is 0 Å². The first-order chi connectivity index (χ1) is 7.75. The van der Waals surface area contributed by atoms with E-state index in [2.05, 4.69) is 0 Å². The number of hydrogen-bond donors (Lipinski definition) is 2. The number of hydrogen-bond acceptors (Lipinski definition) is 3. The molecule has 0 aliphatic rings. The third-order valence-corrected chi connectivity index (χ3v) is 3.38. The fourth-order valence-electron chi connectivity index (χ4n) is 1.42. The molecule has 0 amide bonds. The second-order valence-electron chi connectivity index (χ2n) is 3.50. The van der Waals surface area contributed by atoms with Crippen LogP contribution in [0.3, 0.4) is 0 Å². The minimum absolute atomic E-state index is 0.305. The summed E-state index contributed by atoms with van der Waals surface area (Å²) in [5, 5.41) is 9.33. The van der Waals surface area contributed by atoms with Gasteiger partial charge >= 0.3 is 0 Å². The molecule has 16 heavy (non-hydrogen) atoms. The maximum Gasteiger partial charge on any atom is 0.115 e. The van der Waals surface area contributed by atoms with Crippen LogP contribution in [0.15, 0.2) is 53.4 Å². The summed E-state index contributed by atoms with van der Waals surface area (Å²) in [6, 6.07) is 15.1. The van der Waals surface area contributed by atoms with E-state index in [0.717, 1.165) is 21.9 Å². The Balaban J connectivity index is 2.05. The van der Waals surface area contributed by atoms with E-state index in [1.165, 1.54) is 0 Å². The summed E-state index contributed by atoms with van der Waals surface area (Å²) < 4.78 is 0. The van der Waals surface area contributed by atoms with Crippen molar-refractivity contribution < 1.29 is 5.11 Å². The van der Waals surface area contributed by atoms with E-state index >= 15 is 0 Å². The van der Waals surface area contributed by atoms with Crippen molar-refractivity contribution in [1.82, 2.24) is 0 Å². The van der Waals surface area contributed by atoms with E-state index in [1.807, 2.05) is 36.4 Å². The minimum atomic E-state index is 0.305. The summed E-state index contributed by atoms with van der Waals surface area (Å²) in [5.74, 6) is 1.11. The second-order valence-corrected chi connectivity index (χ2v) is 4.51. The van der Waals surface area contributed by atoms with E-state index in [-0.39, 0.29) is 0 Å². The SMILES string of the molecule is Nc1ccccc1SCc1cccc(O)c1. The van der Waals surface area contributed by atoms with Crippen molar-refractivity contribution in [3.63, 3.8) is 0 Å². The van der Waals surface area contributed by atoms with Gasteiger partial charge in [0.2, 0.25) is 0 Å². The zero-order valence-corrected chi connectivity index (χ0v) is 9.58. The first-order valence-electron chi connectivity index (χ1n) is 5.01. The van der Waals surface area contributed by atoms with Gasteiger partial charge in [-0.15, -0.1) is 11.8 Å². The largest absolute Gasteiger partial charge is 0.508 e. The van der Waals surface area contributed by atoms with Crippen LogP contribution in [-0.4, -0.2) is 5.11 Å². The van der Waals surface area contributed by atoms with Crippen LogP contribution < -0.4 is 5.73 Å². The zero-order valence-electron chi connectivity index (χ0n) is 8.76. The Morgan fingerprint density at radius 3 is 2.62 bits per heavy atom. The van der Waals surface area contributed by atoms with Crippen LogP contribution >= 0.6 is 11.8 Å². The van der Waals surface area contributed by atoms with Crippen LogP contribution in [0.25, 0.3) is 0 Å². The van der Waals surface area contributed by atoms with E-state index < -0.39 is 0 Å². The van der Waals surface area contributed by atoms with Gasteiger partial charge in [0.15, 0.2) is 0 Å². The van der Waals surface area contributed by atoms with Gasteiger partial charge in [-0.2, -0.15) is 0 Å². The average molecular weight is 231 g/mol. The molecule has 0 unspecified atom stereocenters. The summed E-state index contributed by atoms with van der Waals surface area (Å²) in [6.45, 7) is 0. The van der Waals surface area contributed by atoms with Crippen molar-refractivity contribution in [2.24, 2.45) is 0 Å². The Kier molecular flexibility index (Phi) is 3.37. The van der Waals surface area contributed by atoms with Gasteiger partial charge in [-0.25, -0.2) is 0 Å². The lowest BCUT2D eigenvalue weighted by Crippen LogP contribution is -1.88. The maximum absolute atomic E-state index is 9.33. The van der Waals surface area contributed by atoms with E-state index in [0.29, 0.717) is 5.75 Å². The third kappa shape index (κ3) is 2.70. The molecule has 0 aromatic heterocycles. The predicted molar refractivity (Wildman–Crippen MR) is 68.5 cm³/mol. The molecule has 0 spiro atoms. The molecule has 3 heteroatoms. The number of nitrogens with two attached hydrogens (primary N) is 1. The maximum atomic E-state index is 9.33. The highest BCUT2D eigenvalue weighted by Crippen LogP contribution is 2.28. The highest BCUT2D eigenvalue weighted by Gasteiger charge is 2.00. The van der Waals surface area contributed by atoms with E-state index in [9.17, 15) is 5.11 Å². The number of thioether (sulfide) groups is 1. The number of nitrogen functional groups attached to an aromatic ring is 1. The number of rotatable bonds is 3. The number of phenolic OH excluding ortho intramolecular Hbond substituents is 1. The Morgan fingerprint density at radius 1 is 1.06 bits per heavy atom. The third-order valence-electron chi connectivity index (χ3n) is 2.22. The van der Waals surface area contributed by atoms with Gasteiger partial charge in [0.25, 0.3) is 0 Å². The van der Waals surface area contributed by atoms with Crippen LogP contribution in [0, 0.1) is 0 Å². The molecule has 0 radical (unpaired) electrons. The normalized spacial score (nSPS) is 10.2. The van der Waals surface area contributed by atoms with Crippen LogP contribution in [0.2, 0.25) is 0 Å². The van der Waals surface area contributed by atoms with Gasteiger partial charge < -0.3 is 10.8 Å². The number of phenols is 1. The molecule has 3 N–H and O–H groups in total. The molecule has 0 heterocycles. The molecule has 0 aliphatic heterocycles. The Morgan fingerprint density at radius 2 is 1.88 bits per heavy atom. The molecule has 2 nitrogen and oxygen atoms in total. The van der Waals surface area contributed by atoms with Gasteiger partial charge in [0, 0.05) is 16.3 Å². The summed E-state index contributed by atoms with van der Waals surface area (Å²) in [5.41, 5.74) is 7.73. The fraction of sp³-hybridized carbons (Fsp3) is 0.0769. The minimum Gasteiger partial charge on any atom is -0.508 e. The molecule has 0 bridgehead atoms. The molecule has 82 valence electrons. The monoisotopic (exact) mass is 231 g/mol. The number of para-hydroxylation sites is 1. The topological polar surface area (TPSA) is 46.2 Å². The second kappa shape index (κ2) is 4.94. The summed E-state index contributed by atoms with van der Waals surface area (Å²) in [4.78, 5) is 1.07. The van der Waals surface area contributed by atoms with Crippen LogP contribution in [-0.2, 0) is 5.75 Å². The number of benzene rings is 2. The quantitative estimate of drug-likeness (QED) is 0.629. The van der Waals surface area contributed by atoms with Crippen molar-refractivity contribution in [2.45, 2.75) is 10.6 Å². The number of anilines is 1. The van der Waals surface area contributed by atoms with Crippen LogP contribution in [0.5, 0.6) is 5.75 Å². The predicted octanol–water partition coefficient (Wildman–Crippen LogP) is 3.27. The fourth-order valence-corrected chi connectivity index (χ4v) is 2.33. The molecule has 2 aromatic rings. The molecule has 0 saturated carbocycles. The molecule has 0 atom stereocenters. The standard InChI is InChI=1S/C13H13NOS/c14-12-6-1-2-7-13(12)16-9-10-4-3-5-11(15)8-10/h1-8,15H,9,14H2. The molecule has 0 aliphatic carbocycles. The van der Waals surface area contributed by atoms with Crippen LogP contribution in [0.4, 0.5) is 5.69 Å². The Bertz CT molecular complexity index is 485. The molecular formula is C13H13NOS. The molecular weight excluding hydrogens is 218 g/mol. The van der Waals surface area contributed by atoms with Crippen molar-refractivity contribution in [3.8, 4) is 5.75 Å². The van der Waals surface area contributed by atoms with Gasteiger partial charge in [-0.05, 0) is 29.8 Å². The molecule has 0 saturated heterocycles. The summed E-state index contributed by atoms with van der Waals surface area (Å²) in [6.07, 6.45) is 0. The smallest absolute Gasteiger partial charge is 0.115 e. The lowest BCUT2D eigenvalue weighted by atomic mass is 10.2. The van der Waals surface area contributed by atoms with Crippen molar-refractivity contribution >= 4 is 17.4 Å². The van der Waals surface area contributed by atoms with Gasteiger partial charge in [-0.3, -0.25) is 0 Å². The lowest BCUT2D eigenvalue weighted by molar-refractivity contribution is 0.475. The van der Waals surface area contributed by atoms with Crippen LogP contribution in [0.1, 0.15) is 5.56 Å². The van der Waals surface area contributed by atoms with E-state index in [1.54, 1.807) is 23.9 Å². The molecule has 0 fully saturated rings. The van der Waals surface area contributed by atoms with Gasteiger partial charge in [0.1, 0.15) is 5.75 Å². The summed E-state index contributed by atoms with van der Waals surface area (Å²) >= 11 is 1.67. The molecule has 2 rings (SSSR count). The lowest BCUT2D eigenvalue weighted by Gasteiger charge is -2.05. The first kappa shape index (κ1) is 10.9. The van der Waals surface area contributed by atoms with Crippen molar-refractivity contribution in [3.05, 3.63) is 54.1 Å².